The molecule has 2 heterocycles. The number of hydrogen-bond donors (Lipinski definition) is 1. The first kappa shape index (κ1) is 17.5. The maximum absolute atomic E-state index is 12.3. The molecule has 1 aliphatic heterocycles. The lowest BCUT2D eigenvalue weighted by molar-refractivity contribution is 0.0945. The summed E-state index contributed by atoms with van der Waals surface area (Å²) in [5.41, 5.74) is 3.73. The van der Waals surface area contributed by atoms with E-state index in [9.17, 15) is 4.79 Å². The maximum Gasteiger partial charge on any atom is 0.271 e. The van der Waals surface area contributed by atoms with Crippen LogP contribution in [0.1, 0.15) is 28.5 Å². The van der Waals surface area contributed by atoms with Crippen molar-refractivity contribution in [2.45, 2.75) is 25.9 Å². The SMILES string of the molecule is CC1Cc2ccccc2N1c1cnc(C(=O)NCc2ccc(Cl)cc2)cn1. The van der Waals surface area contributed by atoms with E-state index in [1.807, 2.05) is 18.2 Å². The van der Waals surface area contributed by atoms with Crippen LogP contribution in [-0.4, -0.2) is 21.9 Å². The summed E-state index contributed by atoms with van der Waals surface area (Å²) >= 11 is 5.87. The number of nitrogens with zero attached hydrogens (tertiary/aromatic N) is 3. The van der Waals surface area contributed by atoms with Crippen LogP contribution in [0.15, 0.2) is 60.9 Å². The number of benzene rings is 2. The predicted molar refractivity (Wildman–Crippen MR) is 106 cm³/mol. The van der Waals surface area contributed by atoms with E-state index >= 15 is 0 Å². The monoisotopic (exact) mass is 378 g/mol. The van der Waals surface area contributed by atoms with Crippen LogP contribution in [-0.2, 0) is 13.0 Å². The van der Waals surface area contributed by atoms with Crippen molar-refractivity contribution in [2.24, 2.45) is 0 Å². The first-order valence-corrected chi connectivity index (χ1v) is 9.21. The Morgan fingerprint density at radius 3 is 2.67 bits per heavy atom. The lowest BCUT2D eigenvalue weighted by Gasteiger charge is -2.23. The third-order valence-electron chi connectivity index (χ3n) is 4.69. The summed E-state index contributed by atoms with van der Waals surface area (Å²) in [5.74, 6) is 0.501. The van der Waals surface area contributed by atoms with Crippen LogP contribution in [0, 0.1) is 0 Å². The first-order chi connectivity index (χ1) is 13.1. The van der Waals surface area contributed by atoms with Gasteiger partial charge in [0.25, 0.3) is 5.91 Å². The van der Waals surface area contributed by atoms with Gasteiger partial charge < -0.3 is 10.2 Å². The van der Waals surface area contributed by atoms with Crippen molar-refractivity contribution in [3.63, 3.8) is 0 Å². The van der Waals surface area contributed by atoms with Crippen LogP contribution in [0.3, 0.4) is 0 Å². The molecular formula is C21H19ClN4O. The Hall–Kier alpha value is -2.92. The number of hydrogen-bond acceptors (Lipinski definition) is 4. The van der Waals surface area contributed by atoms with Gasteiger partial charge in [-0.25, -0.2) is 9.97 Å². The fourth-order valence-electron chi connectivity index (χ4n) is 3.35. The molecule has 1 unspecified atom stereocenters. The van der Waals surface area contributed by atoms with Crippen LogP contribution in [0.2, 0.25) is 5.02 Å². The maximum atomic E-state index is 12.3. The number of halogens is 1. The highest BCUT2D eigenvalue weighted by molar-refractivity contribution is 6.30. The Labute approximate surface area is 163 Å². The molecule has 2 aromatic carbocycles. The number of rotatable bonds is 4. The largest absolute Gasteiger partial charge is 0.347 e. The number of amides is 1. The Kier molecular flexibility index (Phi) is 4.77. The topological polar surface area (TPSA) is 58.1 Å². The van der Waals surface area contributed by atoms with Crippen molar-refractivity contribution in [1.29, 1.82) is 0 Å². The number of carbonyl (C=O) groups is 1. The standard InChI is InChI=1S/C21H19ClN4O/c1-14-10-16-4-2-3-5-19(16)26(14)20-13-23-18(12-24-20)21(27)25-11-15-6-8-17(22)9-7-15/h2-9,12-14H,10-11H2,1H3,(H,25,27). The summed E-state index contributed by atoms with van der Waals surface area (Å²) < 4.78 is 0. The van der Waals surface area contributed by atoms with Gasteiger partial charge in [0.2, 0.25) is 0 Å². The second-order valence-corrected chi connectivity index (χ2v) is 7.06. The van der Waals surface area contributed by atoms with Gasteiger partial charge in [-0.05, 0) is 42.7 Å². The zero-order chi connectivity index (χ0) is 18.8. The third kappa shape index (κ3) is 3.64. The van der Waals surface area contributed by atoms with E-state index in [2.05, 4.69) is 45.3 Å². The Bertz CT molecular complexity index is 957. The smallest absolute Gasteiger partial charge is 0.271 e. The molecule has 136 valence electrons. The fourth-order valence-corrected chi connectivity index (χ4v) is 3.48. The molecule has 0 radical (unpaired) electrons. The minimum atomic E-state index is -0.251. The van der Waals surface area contributed by atoms with Crippen molar-refractivity contribution in [3.8, 4) is 0 Å². The van der Waals surface area contributed by atoms with Gasteiger partial charge in [0.15, 0.2) is 5.82 Å². The molecule has 1 aromatic heterocycles. The summed E-state index contributed by atoms with van der Waals surface area (Å²) in [6, 6.07) is 16.0. The van der Waals surface area contributed by atoms with Gasteiger partial charge in [0.1, 0.15) is 5.69 Å². The van der Waals surface area contributed by atoms with Gasteiger partial charge in [-0.3, -0.25) is 4.79 Å². The van der Waals surface area contributed by atoms with Gasteiger partial charge in [0, 0.05) is 23.3 Å². The molecule has 0 bridgehead atoms. The summed E-state index contributed by atoms with van der Waals surface area (Å²) in [6.45, 7) is 2.57. The lowest BCUT2D eigenvalue weighted by atomic mass is 10.1. The molecule has 0 spiro atoms. The van der Waals surface area contributed by atoms with E-state index in [0.717, 1.165) is 23.5 Å². The minimum absolute atomic E-state index is 0.251. The van der Waals surface area contributed by atoms with Crippen LogP contribution >= 0.6 is 11.6 Å². The van der Waals surface area contributed by atoms with Gasteiger partial charge in [-0.15, -0.1) is 0 Å². The minimum Gasteiger partial charge on any atom is -0.347 e. The number of nitrogens with one attached hydrogen (secondary N) is 1. The zero-order valence-electron chi connectivity index (χ0n) is 14.9. The summed E-state index contributed by atoms with van der Waals surface area (Å²) in [6.07, 6.45) is 4.16. The van der Waals surface area contributed by atoms with E-state index in [4.69, 9.17) is 11.6 Å². The normalized spacial score (nSPS) is 15.5. The summed E-state index contributed by atoms with van der Waals surface area (Å²) in [4.78, 5) is 23.3. The van der Waals surface area contributed by atoms with Gasteiger partial charge >= 0.3 is 0 Å². The lowest BCUT2D eigenvalue weighted by Crippen LogP contribution is -2.26. The van der Waals surface area contributed by atoms with Gasteiger partial charge in [-0.2, -0.15) is 0 Å². The summed E-state index contributed by atoms with van der Waals surface area (Å²) in [5, 5.41) is 3.52. The zero-order valence-corrected chi connectivity index (χ0v) is 15.6. The number of fused-ring (bicyclic) bond motifs is 1. The Morgan fingerprint density at radius 2 is 1.93 bits per heavy atom. The first-order valence-electron chi connectivity index (χ1n) is 8.83. The highest BCUT2D eigenvalue weighted by Crippen LogP contribution is 2.36. The van der Waals surface area contributed by atoms with E-state index in [-0.39, 0.29) is 5.91 Å². The molecular weight excluding hydrogens is 360 g/mol. The number of anilines is 2. The quantitative estimate of drug-likeness (QED) is 0.741. The van der Waals surface area contributed by atoms with E-state index < -0.39 is 0 Å². The van der Waals surface area contributed by atoms with Crippen molar-refractivity contribution < 1.29 is 4.79 Å². The molecule has 1 amide bonds. The Morgan fingerprint density at radius 1 is 1.15 bits per heavy atom. The highest BCUT2D eigenvalue weighted by Gasteiger charge is 2.27. The molecule has 4 rings (SSSR count). The molecule has 0 aliphatic carbocycles. The van der Waals surface area contributed by atoms with Crippen LogP contribution in [0.5, 0.6) is 0 Å². The van der Waals surface area contributed by atoms with E-state index in [0.29, 0.717) is 23.3 Å². The van der Waals surface area contributed by atoms with E-state index in [1.165, 1.54) is 11.8 Å². The van der Waals surface area contributed by atoms with Crippen molar-refractivity contribution in [1.82, 2.24) is 15.3 Å². The number of para-hydroxylation sites is 1. The fraction of sp³-hybridized carbons (Fsp3) is 0.190. The number of aromatic nitrogens is 2. The number of carbonyl (C=O) groups excluding carboxylic acids is 1. The van der Waals surface area contributed by atoms with Gasteiger partial charge in [0.05, 0.1) is 12.4 Å². The Balaban J connectivity index is 1.46. The third-order valence-corrected chi connectivity index (χ3v) is 4.94. The van der Waals surface area contributed by atoms with Gasteiger partial charge in [-0.1, -0.05) is 41.9 Å². The van der Waals surface area contributed by atoms with Crippen LogP contribution in [0.25, 0.3) is 0 Å². The second-order valence-electron chi connectivity index (χ2n) is 6.62. The molecule has 1 atom stereocenters. The average Bonchev–Trinajstić information content (AvgIpc) is 3.03. The molecule has 1 aliphatic rings. The molecule has 27 heavy (non-hydrogen) atoms. The summed E-state index contributed by atoms with van der Waals surface area (Å²) in [7, 11) is 0. The highest BCUT2D eigenvalue weighted by atomic mass is 35.5. The second kappa shape index (κ2) is 7.37. The van der Waals surface area contributed by atoms with Crippen LogP contribution < -0.4 is 10.2 Å². The average molecular weight is 379 g/mol. The van der Waals surface area contributed by atoms with Crippen molar-refractivity contribution in [3.05, 3.63) is 82.8 Å². The molecule has 1 N–H and O–H groups in total. The predicted octanol–water partition coefficient (Wildman–Crippen LogP) is 4.14. The van der Waals surface area contributed by atoms with Crippen molar-refractivity contribution in [2.75, 3.05) is 4.90 Å². The molecule has 5 nitrogen and oxygen atoms in total. The molecule has 3 aromatic rings. The molecule has 6 heteroatoms. The van der Waals surface area contributed by atoms with Crippen molar-refractivity contribution >= 4 is 29.0 Å². The van der Waals surface area contributed by atoms with Crippen LogP contribution in [0.4, 0.5) is 11.5 Å². The molecule has 0 saturated heterocycles. The molecule has 0 fully saturated rings. The van der Waals surface area contributed by atoms with E-state index in [1.54, 1.807) is 18.3 Å². The molecule has 0 saturated carbocycles.